The Balaban J connectivity index is 2.71. The van der Waals surface area contributed by atoms with Gasteiger partial charge in [-0.25, -0.2) is 0 Å². The lowest BCUT2D eigenvalue weighted by atomic mass is 10.2. The number of aromatic nitrogens is 1. The lowest BCUT2D eigenvalue weighted by Gasteiger charge is -2.12. The minimum Gasteiger partial charge on any atom is -0.478 e. The molecular formula is C14H21F3N2O. The minimum absolute atomic E-state index is 0.0206. The van der Waals surface area contributed by atoms with Crippen LogP contribution in [0, 0.1) is 0 Å². The van der Waals surface area contributed by atoms with Crippen molar-refractivity contribution >= 4 is 5.82 Å². The number of unbranched alkanes of at least 4 members (excludes halogenated alkanes) is 3. The van der Waals surface area contributed by atoms with Crippen molar-refractivity contribution in [2.24, 2.45) is 0 Å². The van der Waals surface area contributed by atoms with E-state index in [-0.39, 0.29) is 11.7 Å². The highest BCUT2D eigenvalue weighted by Gasteiger charge is 2.31. The zero-order valence-corrected chi connectivity index (χ0v) is 11.9. The van der Waals surface area contributed by atoms with Crippen LogP contribution in [0.5, 0.6) is 5.88 Å². The Labute approximate surface area is 117 Å². The van der Waals surface area contributed by atoms with Crippen LogP contribution in [0.15, 0.2) is 12.1 Å². The highest BCUT2D eigenvalue weighted by atomic mass is 19.4. The van der Waals surface area contributed by atoms with E-state index in [1.54, 1.807) is 6.92 Å². The normalized spacial score (nSPS) is 11.4. The topological polar surface area (TPSA) is 34.1 Å². The van der Waals surface area contributed by atoms with Gasteiger partial charge in [-0.1, -0.05) is 26.2 Å². The third-order valence-corrected chi connectivity index (χ3v) is 2.73. The Morgan fingerprint density at radius 3 is 2.50 bits per heavy atom. The van der Waals surface area contributed by atoms with Crippen LogP contribution in [0.3, 0.4) is 0 Å². The molecule has 0 unspecified atom stereocenters. The van der Waals surface area contributed by atoms with Gasteiger partial charge in [-0.3, -0.25) is 0 Å². The second-order valence-corrected chi connectivity index (χ2v) is 4.52. The third-order valence-electron chi connectivity index (χ3n) is 2.73. The number of hydrogen-bond donors (Lipinski definition) is 1. The molecule has 6 heteroatoms. The first kappa shape index (κ1) is 16.6. The van der Waals surface area contributed by atoms with E-state index in [0.717, 1.165) is 37.8 Å². The summed E-state index contributed by atoms with van der Waals surface area (Å²) in [6.45, 7) is 4.79. The maximum absolute atomic E-state index is 12.8. The molecule has 0 aliphatic rings. The molecule has 1 aromatic heterocycles. The van der Waals surface area contributed by atoms with E-state index in [4.69, 9.17) is 4.74 Å². The van der Waals surface area contributed by atoms with Gasteiger partial charge in [0.2, 0.25) is 5.88 Å². The number of halogens is 3. The summed E-state index contributed by atoms with van der Waals surface area (Å²) in [5.74, 6) is 0.207. The van der Waals surface area contributed by atoms with Crippen LogP contribution in [-0.2, 0) is 6.18 Å². The first-order valence-corrected chi connectivity index (χ1v) is 6.93. The van der Waals surface area contributed by atoms with E-state index in [2.05, 4.69) is 17.2 Å². The molecule has 1 N–H and O–H groups in total. The molecule has 1 heterocycles. The first-order valence-electron chi connectivity index (χ1n) is 6.93. The summed E-state index contributed by atoms with van der Waals surface area (Å²) < 4.78 is 43.6. The molecule has 0 bridgehead atoms. The molecule has 0 aliphatic carbocycles. The Kier molecular flexibility index (Phi) is 6.61. The Bertz CT molecular complexity index is 408. The highest BCUT2D eigenvalue weighted by molar-refractivity contribution is 5.42. The van der Waals surface area contributed by atoms with E-state index >= 15 is 0 Å². The Hall–Kier alpha value is -1.46. The van der Waals surface area contributed by atoms with Crippen LogP contribution in [0.25, 0.3) is 0 Å². The van der Waals surface area contributed by atoms with Crippen molar-refractivity contribution in [1.82, 2.24) is 4.98 Å². The number of anilines is 1. The lowest BCUT2D eigenvalue weighted by molar-refractivity contribution is -0.137. The molecule has 0 radical (unpaired) electrons. The van der Waals surface area contributed by atoms with Gasteiger partial charge in [0, 0.05) is 12.6 Å². The fourth-order valence-electron chi connectivity index (χ4n) is 1.72. The van der Waals surface area contributed by atoms with Crippen molar-refractivity contribution in [3.8, 4) is 5.88 Å². The fraction of sp³-hybridized carbons (Fsp3) is 0.643. The predicted octanol–water partition coefficient (Wildman–Crippen LogP) is 4.49. The molecule has 0 saturated carbocycles. The maximum Gasteiger partial charge on any atom is 0.416 e. The lowest BCUT2D eigenvalue weighted by Crippen LogP contribution is -2.10. The monoisotopic (exact) mass is 290 g/mol. The number of alkyl halides is 3. The second-order valence-electron chi connectivity index (χ2n) is 4.52. The number of ether oxygens (including phenoxy) is 1. The molecule has 0 spiro atoms. The smallest absolute Gasteiger partial charge is 0.416 e. The molecule has 1 aromatic rings. The molecule has 0 fully saturated rings. The number of rotatable bonds is 8. The molecule has 114 valence electrons. The average molecular weight is 290 g/mol. The van der Waals surface area contributed by atoms with Gasteiger partial charge in [0.15, 0.2) is 0 Å². The van der Waals surface area contributed by atoms with Crippen LogP contribution in [-0.4, -0.2) is 18.1 Å². The van der Waals surface area contributed by atoms with Gasteiger partial charge in [-0.05, 0) is 19.4 Å². The molecule has 20 heavy (non-hydrogen) atoms. The summed E-state index contributed by atoms with van der Waals surface area (Å²) in [6, 6.07) is 1.94. The fourth-order valence-corrected chi connectivity index (χ4v) is 1.72. The summed E-state index contributed by atoms with van der Waals surface area (Å²) >= 11 is 0. The predicted molar refractivity (Wildman–Crippen MR) is 73.0 cm³/mol. The summed E-state index contributed by atoms with van der Waals surface area (Å²) in [6.07, 6.45) is -0.361. The number of pyridine rings is 1. The van der Waals surface area contributed by atoms with Crippen LogP contribution < -0.4 is 10.1 Å². The van der Waals surface area contributed by atoms with Gasteiger partial charge >= 0.3 is 6.18 Å². The summed E-state index contributed by atoms with van der Waals surface area (Å²) in [5.41, 5.74) is -0.744. The minimum atomic E-state index is -4.40. The first-order chi connectivity index (χ1) is 9.47. The van der Waals surface area contributed by atoms with Gasteiger partial charge in [0.1, 0.15) is 5.82 Å². The number of nitrogens with one attached hydrogen (secondary N) is 1. The standard InChI is InChI=1S/C14H21F3N2O/c1-3-5-6-7-8-20-13-10-11(14(15,16)17)9-12(19-13)18-4-2/h9-10H,3-8H2,1-2H3,(H,18,19). The van der Waals surface area contributed by atoms with Crippen molar-refractivity contribution in [2.45, 2.75) is 45.7 Å². The number of nitrogens with zero attached hydrogens (tertiary/aromatic N) is 1. The van der Waals surface area contributed by atoms with Crippen LogP contribution in [0.4, 0.5) is 19.0 Å². The van der Waals surface area contributed by atoms with E-state index in [0.29, 0.717) is 13.2 Å². The quantitative estimate of drug-likeness (QED) is 0.716. The van der Waals surface area contributed by atoms with Crippen LogP contribution in [0.2, 0.25) is 0 Å². The van der Waals surface area contributed by atoms with E-state index in [1.165, 1.54) is 0 Å². The molecule has 1 rings (SSSR count). The Morgan fingerprint density at radius 1 is 1.15 bits per heavy atom. The molecule has 0 aliphatic heterocycles. The van der Waals surface area contributed by atoms with Crippen LogP contribution in [0.1, 0.15) is 45.1 Å². The average Bonchev–Trinajstić information content (AvgIpc) is 2.38. The molecule has 0 atom stereocenters. The van der Waals surface area contributed by atoms with Gasteiger partial charge in [0.25, 0.3) is 0 Å². The van der Waals surface area contributed by atoms with Gasteiger partial charge < -0.3 is 10.1 Å². The molecule has 0 aromatic carbocycles. The van der Waals surface area contributed by atoms with Crippen LogP contribution >= 0.6 is 0 Å². The number of hydrogen-bond acceptors (Lipinski definition) is 3. The summed E-state index contributed by atoms with van der Waals surface area (Å²) in [5, 5.41) is 2.78. The van der Waals surface area contributed by atoms with E-state index in [9.17, 15) is 13.2 Å². The van der Waals surface area contributed by atoms with Crippen molar-refractivity contribution in [2.75, 3.05) is 18.5 Å². The SMILES string of the molecule is CCCCCCOc1cc(C(F)(F)F)cc(NCC)n1. The molecule has 0 saturated heterocycles. The van der Waals surface area contributed by atoms with Gasteiger partial charge in [-0.15, -0.1) is 0 Å². The van der Waals surface area contributed by atoms with Crippen molar-refractivity contribution < 1.29 is 17.9 Å². The van der Waals surface area contributed by atoms with E-state index in [1.807, 2.05) is 0 Å². The summed E-state index contributed by atoms with van der Waals surface area (Å²) in [7, 11) is 0. The van der Waals surface area contributed by atoms with Gasteiger partial charge in [0.05, 0.1) is 12.2 Å². The summed E-state index contributed by atoms with van der Waals surface area (Å²) in [4.78, 5) is 4.02. The third kappa shape index (κ3) is 5.67. The molecule has 0 amide bonds. The van der Waals surface area contributed by atoms with E-state index < -0.39 is 11.7 Å². The highest BCUT2D eigenvalue weighted by Crippen LogP contribution is 2.32. The zero-order chi connectivity index (χ0) is 15.0. The maximum atomic E-state index is 12.8. The van der Waals surface area contributed by atoms with Gasteiger partial charge in [-0.2, -0.15) is 18.2 Å². The van der Waals surface area contributed by atoms with Crippen molar-refractivity contribution in [1.29, 1.82) is 0 Å². The second kappa shape index (κ2) is 7.97. The molecular weight excluding hydrogens is 269 g/mol. The largest absolute Gasteiger partial charge is 0.478 e. The van der Waals surface area contributed by atoms with Crippen molar-refractivity contribution in [3.05, 3.63) is 17.7 Å². The van der Waals surface area contributed by atoms with Crippen molar-refractivity contribution in [3.63, 3.8) is 0 Å². The zero-order valence-electron chi connectivity index (χ0n) is 11.9. The molecule has 3 nitrogen and oxygen atoms in total. The Morgan fingerprint density at radius 2 is 1.90 bits per heavy atom.